The van der Waals surface area contributed by atoms with Crippen molar-refractivity contribution >= 4 is 5.97 Å². The SMILES string of the molecule is CCOC(=O)c1ccc2c(c1)[C@@H]1C=C[C@H]2C1. The Bertz CT molecular complexity index is 474. The highest BCUT2D eigenvalue weighted by Crippen LogP contribution is 2.48. The predicted molar refractivity (Wildman–Crippen MR) is 61.6 cm³/mol. The van der Waals surface area contributed by atoms with E-state index in [1.54, 1.807) is 0 Å². The van der Waals surface area contributed by atoms with Crippen LogP contribution in [0.3, 0.4) is 0 Å². The van der Waals surface area contributed by atoms with Crippen LogP contribution in [-0.2, 0) is 4.74 Å². The van der Waals surface area contributed by atoms with Gasteiger partial charge in [0.1, 0.15) is 0 Å². The van der Waals surface area contributed by atoms with Crippen LogP contribution in [0.5, 0.6) is 0 Å². The maximum Gasteiger partial charge on any atom is 0.338 e. The van der Waals surface area contributed by atoms with Gasteiger partial charge in [-0.1, -0.05) is 18.2 Å². The molecule has 2 bridgehead atoms. The van der Waals surface area contributed by atoms with Crippen molar-refractivity contribution in [3.63, 3.8) is 0 Å². The highest BCUT2D eigenvalue weighted by atomic mass is 16.5. The van der Waals surface area contributed by atoms with Gasteiger partial charge in [0.05, 0.1) is 12.2 Å². The Balaban J connectivity index is 1.96. The molecule has 2 heteroatoms. The topological polar surface area (TPSA) is 26.3 Å². The van der Waals surface area contributed by atoms with Crippen LogP contribution < -0.4 is 0 Å². The molecule has 0 heterocycles. The summed E-state index contributed by atoms with van der Waals surface area (Å²) in [6.07, 6.45) is 5.71. The van der Waals surface area contributed by atoms with E-state index in [1.807, 2.05) is 19.1 Å². The molecule has 0 radical (unpaired) electrons. The van der Waals surface area contributed by atoms with E-state index in [1.165, 1.54) is 17.5 Å². The van der Waals surface area contributed by atoms with Crippen LogP contribution in [0, 0.1) is 0 Å². The third-order valence-electron chi connectivity index (χ3n) is 3.48. The van der Waals surface area contributed by atoms with Crippen molar-refractivity contribution in [3.8, 4) is 0 Å². The zero-order chi connectivity index (χ0) is 11.1. The molecule has 2 aliphatic rings. The van der Waals surface area contributed by atoms with Crippen molar-refractivity contribution in [2.24, 2.45) is 0 Å². The molecule has 16 heavy (non-hydrogen) atoms. The van der Waals surface area contributed by atoms with Crippen LogP contribution >= 0.6 is 0 Å². The van der Waals surface area contributed by atoms with Crippen LogP contribution in [0.15, 0.2) is 30.4 Å². The smallest absolute Gasteiger partial charge is 0.338 e. The molecule has 2 atom stereocenters. The number of carbonyl (C=O) groups excluding carboxylic acids is 1. The lowest BCUT2D eigenvalue weighted by Gasteiger charge is -2.11. The van der Waals surface area contributed by atoms with Crippen molar-refractivity contribution < 1.29 is 9.53 Å². The zero-order valence-corrected chi connectivity index (χ0v) is 9.27. The molecule has 1 aromatic carbocycles. The number of hydrogen-bond donors (Lipinski definition) is 0. The van der Waals surface area contributed by atoms with Crippen molar-refractivity contribution in [2.45, 2.75) is 25.2 Å². The molecule has 0 amide bonds. The number of ether oxygens (including phenoxy) is 1. The van der Waals surface area contributed by atoms with Crippen molar-refractivity contribution in [2.75, 3.05) is 6.61 Å². The molecule has 3 rings (SSSR count). The fourth-order valence-corrected chi connectivity index (χ4v) is 2.74. The van der Waals surface area contributed by atoms with Crippen molar-refractivity contribution in [3.05, 3.63) is 47.0 Å². The van der Waals surface area contributed by atoms with E-state index in [0.717, 1.165) is 0 Å². The van der Waals surface area contributed by atoms with Gasteiger partial charge in [0.15, 0.2) is 0 Å². The molecule has 0 spiro atoms. The van der Waals surface area contributed by atoms with Gasteiger partial charge in [0, 0.05) is 11.8 Å². The van der Waals surface area contributed by atoms with Gasteiger partial charge in [0.2, 0.25) is 0 Å². The lowest BCUT2D eigenvalue weighted by molar-refractivity contribution is 0.0526. The molecule has 0 saturated carbocycles. The lowest BCUT2D eigenvalue weighted by atomic mass is 9.95. The van der Waals surface area contributed by atoms with Gasteiger partial charge in [-0.25, -0.2) is 4.79 Å². The number of fused-ring (bicyclic) bond motifs is 5. The van der Waals surface area contributed by atoms with E-state index in [-0.39, 0.29) is 5.97 Å². The molecule has 0 aromatic heterocycles. The second kappa shape index (κ2) is 3.48. The fourth-order valence-electron chi connectivity index (χ4n) is 2.74. The molecule has 1 aromatic rings. The number of rotatable bonds is 2. The first-order valence-corrected chi connectivity index (χ1v) is 5.79. The molecule has 2 aliphatic carbocycles. The number of benzene rings is 1. The van der Waals surface area contributed by atoms with Crippen molar-refractivity contribution in [1.29, 1.82) is 0 Å². The van der Waals surface area contributed by atoms with Crippen LogP contribution in [0.4, 0.5) is 0 Å². The van der Waals surface area contributed by atoms with Crippen LogP contribution in [0.2, 0.25) is 0 Å². The molecule has 2 nitrogen and oxygen atoms in total. The highest BCUT2D eigenvalue weighted by molar-refractivity contribution is 5.90. The van der Waals surface area contributed by atoms with Gasteiger partial charge in [-0.15, -0.1) is 0 Å². The maximum absolute atomic E-state index is 11.6. The number of hydrogen-bond acceptors (Lipinski definition) is 2. The largest absolute Gasteiger partial charge is 0.462 e. The third-order valence-corrected chi connectivity index (χ3v) is 3.48. The molecule has 0 N–H and O–H groups in total. The van der Waals surface area contributed by atoms with E-state index in [0.29, 0.717) is 24.0 Å². The summed E-state index contributed by atoms with van der Waals surface area (Å²) in [5.41, 5.74) is 3.39. The minimum Gasteiger partial charge on any atom is -0.462 e. The summed E-state index contributed by atoms with van der Waals surface area (Å²) in [5.74, 6) is 0.891. The number of esters is 1. The standard InChI is InChI=1S/C14H14O2/c1-2-16-14(15)11-5-6-12-9-3-4-10(7-9)13(12)8-11/h3-6,8-10H,2,7H2,1H3/t9-,10+/m0/s1. The minimum absolute atomic E-state index is 0.211. The zero-order valence-electron chi connectivity index (χ0n) is 9.27. The summed E-state index contributed by atoms with van der Waals surface area (Å²) in [5, 5.41) is 0. The Labute approximate surface area is 94.9 Å². The summed E-state index contributed by atoms with van der Waals surface area (Å²) in [7, 11) is 0. The van der Waals surface area contributed by atoms with Crippen molar-refractivity contribution in [1.82, 2.24) is 0 Å². The van der Waals surface area contributed by atoms with E-state index in [2.05, 4.69) is 18.2 Å². The first-order chi connectivity index (χ1) is 7.79. The monoisotopic (exact) mass is 214 g/mol. The fraction of sp³-hybridized carbons (Fsp3) is 0.357. The van der Waals surface area contributed by atoms with Gasteiger partial charge in [-0.3, -0.25) is 0 Å². The quantitative estimate of drug-likeness (QED) is 0.558. The Morgan fingerprint density at radius 1 is 1.31 bits per heavy atom. The summed E-state index contributed by atoms with van der Waals surface area (Å²) in [6, 6.07) is 5.96. The van der Waals surface area contributed by atoms with Gasteiger partial charge in [0.25, 0.3) is 0 Å². The summed E-state index contributed by atoms with van der Waals surface area (Å²) >= 11 is 0. The molecule has 82 valence electrons. The molecular weight excluding hydrogens is 200 g/mol. The molecule has 0 aliphatic heterocycles. The lowest BCUT2D eigenvalue weighted by Crippen LogP contribution is -2.06. The van der Waals surface area contributed by atoms with Gasteiger partial charge >= 0.3 is 5.97 Å². The highest BCUT2D eigenvalue weighted by Gasteiger charge is 2.32. The molecule has 0 saturated heterocycles. The molecular formula is C14H14O2. The average molecular weight is 214 g/mol. The Morgan fingerprint density at radius 2 is 2.06 bits per heavy atom. The van der Waals surface area contributed by atoms with E-state index in [9.17, 15) is 4.79 Å². The third kappa shape index (κ3) is 1.29. The average Bonchev–Trinajstić information content (AvgIpc) is 2.90. The maximum atomic E-state index is 11.6. The van der Waals surface area contributed by atoms with Gasteiger partial charge in [-0.2, -0.15) is 0 Å². The first-order valence-electron chi connectivity index (χ1n) is 5.79. The predicted octanol–water partition coefficient (Wildman–Crippen LogP) is 3.00. The molecule has 0 fully saturated rings. The van der Waals surface area contributed by atoms with E-state index >= 15 is 0 Å². The first kappa shape index (κ1) is 9.64. The Morgan fingerprint density at radius 3 is 2.81 bits per heavy atom. The summed E-state index contributed by atoms with van der Waals surface area (Å²) in [4.78, 5) is 11.6. The molecule has 0 unspecified atom stereocenters. The summed E-state index contributed by atoms with van der Waals surface area (Å²) in [6.45, 7) is 2.26. The van der Waals surface area contributed by atoms with Gasteiger partial charge < -0.3 is 4.74 Å². The normalized spacial score (nSPS) is 24.6. The van der Waals surface area contributed by atoms with Gasteiger partial charge in [-0.05, 0) is 36.6 Å². The number of allylic oxidation sites excluding steroid dienone is 2. The second-order valence-corrected chi connectivity index (χ2v) is 4.40. The van der Waals surface area contributed by atoms with Crippen LogP contribution in [-0.4, -0.2) is 12.6 Å². The van der Waals surface area contributed by atoms with E-state index < -0.39 is 0 Å². The number of carbonyl (C=O) groups is 1. The minimum atomic E-state index is -0.211. The summed E-state index contributed by atoms with van der Waals surface area (Å²) < 4.78 is 5.01. The van der Waals surface area contributed by atoms with Crippen LogP contribution in [0.25, 0.3) is 0 Å². The second-order valence-electron chi connectivity index (χ2n) is 4.40. The Kier molecular flexibility index (Phi) is 2.10. The van der Waals surface area contributed by atoms with E-state index in [4.69, 9.17) is 4.74 Å². The van der Waals surface area contributed by atoms with Crippen LogP contribution in [0.1, 0.15) is 46.7 Å². The Hall–Kier alpha value is -1.57.